The maximum atomic E-state index is 12.4. The molecular formula is C18H26INO4. The predicted molar refractivity (Wildman–Crippen MR) is 102 cm³/mol. The highest BCUT2D eigenvalue weighted by Crippen LogP contribution is 2.21. The van der Waals surface area contributed by atoms with Crippen molar-refractivity contribution in [2.45, 2.75) is 40.2 Å². The van der Waals surface area contributed by atoms with Gasteiger partial charge in [-0.1, -0.05) is 27.7 Å². The molecule has 0 aliphatic heterocycles. The van der Waals surface area contributed by atoms with Crippen LogP contribution in [0.5, 0.6) is 5.75 Å². The molecular weight excluding hydrogens is 421 g/mol. The van der Waals surface area contributed by atoms with Crippen LogP contribution in [-0.4, -0.2) is 31.6 Å². The van der Waals surface area contributed by atoms with Crippen molar-refractivity contribution in [3.8, 4) is 5.75 Å². The number of methoxy groups -OCH3 is 1. The molecule has 0 saturated heterocycles. The molecule has 0 aromatic heterocycles. The van der Waals surface area contributed by atoms with Gasteiger partial charge in [-0.05, 0) is 52.6 Å². The number of rotatable bonds is 8. The Morgan fingerprint density at radius 2 is 1.88 bits per heavy atom. The lowest BCUT2D eigenvalue weighted by molar-refractivity contribution is -0.150. The highest BCUT2D eigenvalue weighted by atomic mass is 127. The monoisotopic (exact) mass is 447 g/mol. The van der Waals surface area contributed by atoms with Crippen LogP contribution in [0.3, 0.4) is 0 Å². The fraction of sp³-hybridized carbons (Fsp3) is 0.556. The Bertz CT molecular complexity index is 572. The van der Waals surface area contributed by atoms with Crippen molar-refractivity contribution in [1.82, 2.24) is 5.32 Å². The van der Waals surface area contributed by atoms with Crippen molar-refractivity contribution in [1.29, 1.82) is 0 Å². The zero-order chi connectivity index (χ0) is 18.3. The number of amides is 1. The molecule has 5 nitrogen and oxygen atoms in total. The number of carbonyl (C=O) groups excluding carboxylic acids is 2. The van der Waals surface area contributed by atoms with Crippen LogP contribution in [0.25, 0.3) is 0 Å². The maximum Gasteiger partial charge on any atom is 0.328 e. The van der Waals surface area contributed by atoms with Gasteiger partial charge in [0.05, 0.1) is 20.1 Å². The summed E-state index contributed by atoms with van der Waals surface area (Å²) in [7, 11) is 1.57. The van der Waals surface area contributed by atoms with E-state index in [1.54, 1.807) is 7.11 Å². The molecule has 1 atom stereocenters. The van der Waals surface area contributed by atoms with Crippen molar-refractivity contribution < 1.29 is 19.1 Å². The minimum absolute atomic E-state index is 0.0496. The molecule has 0 spiro atoms. The summed E-state index contributed by atoms with van der Waals surface area (Å²) in [6.07, 6.45) is 0.153. The van der Waals surface area contributed by atoms with Crippen molar-refractivity contribution in [2.24, 2.45) is 11.8 Å². The number of halogens is 1. The average Bonchev–Trinajstić information content (AvgIpc) is 2.50. The van der Waals surface area contributed by atoms with E-state index < -0.39 is 6.04 Å². The van der Waals surface area contributed by atoms with E-state index in [1.807, 2.05) is 45.9 Å². The molecule has 1 aromatic rings. The fourth-order valence-corrected chi connectivity index (χ4v) is 2.67. The summed E-state index contributed by atoms with van der Waals surface area (Å²) in [6, 6.07) is 5.01. The van der Waals surface area contributed by atoms with Gasteiger partial charge in [-0.15, -0.1) is 0 Å². The molecule has 0 aliphatic rings. The van der Waals surface area contributed by atoms with Gasteiger partial charge < -0.3 is 14.8 Å². The highest BCUT2D eigenvalue weighted by molar-refractivity contribution is 14.1. The quantitative estimate of drug-likeness (QED) is 0.491. The van der Waals surface area contributed by atoms with Crippen LogP contribution in [0.2, 0.25) is 0 Å². The number of nitrogens with one attached hydrogen (secondary N) is 1. The summed E-state index contributed by atoms with van der Waals surface area (Å²) in [5.41, 5.74) is 0.792. The molecule has 0 unspecified atom stereocenters. The number of hydrogen-bond donors (Lipinski definition) is 1. The third-order valence-corrected chi connectivity index (χ3v) is 4.06. The molecule has 0 fully saturated rings. The summed E-state index contributed by atoms with van der Waals surface area (Å²) in [5, 5.41) is 2.79. The van der Waals surface area contributed by atoms with E-state index in [0.29, 0.717) is 12.4 Å². The Labute approximate surface area is 157 Å². The van der Waals surface area contributed by atoms with Crippen LogP contribution in [0, 0.1) is 15.4 Å². The summed E-state index contributed by atoms with van der Waals surface area (Å²) < 4.78 is 11.6. The lowest BCUT2D eigenvalue weighted by Gasteiger charge is -2.21. The van der Waals surface area contributed by atoms with Crippen molar-refractivity contribution in [3.63, 3.8) is 0 Å². The molecule has 0 radical (unpaired) electrons. The van der Waals surface area contributed by atoms with E-state index in [-0.39, 0.29) is 30.1 Å². The molecule has 1 aromatic carbocycles. The van der Waals surface area contributed by atoms with Gasteiger partial charge in [-0.2, -0.15) is 0 Å². The van der Waals surface area contributed by atoms with Gasteiger partial charge in [0.1, 0.15) is 11.8 Å². The Morgan fingerprint density at radius 1 is 1.21 bits per heavy atom. The number of esters is 1. The number of ether oxygens (including phenoxy) is 2. The van der Waals surface area contributed by atoms with E-state index in [4.69, 9.17) is 9.47 Å². The predicted octanol–water partition coefficient (Wildman–Crippen LogP) is 3.18. The largest absolute Gasteiger partial charge is 0.496 e. The third-order valence-electron chi connectivity index (χ3n) is 3.39. The molecule has 0 bridgehead atoms. The van der Waals surface area contributed by atoms with E-state index in [9.17, 15) is 9.59 Å². The standard InChI is InChI=1S/C18H26INO4/c1-11(2)10-24-18(22)17(12(3)4)20-16(21)9-13-8-14(19)6-7-15(13)23-5/h6-8,11-12,17H,9-10H2,1-5H3,(H,20,21)/t17-/m0/s1. The molecule has 1 N–H and O–H groups in total. The van der Waals surface area contributed by atoms with E-state index in [0.717, 1.165) is 9.13 Å². The molecule has 0 aliphatic carbocycles. The normalized spacial score (nSPS) is 12.2. The maximum absolute atomic E-state index is 12.4. The Kier molecular flexibility index (Phi) is 8.52. The van der Waals surface area contributed by atoms with Gasteiger partial charge in [0.25, 0.3) is 0 Å². The number of hydrogen-bond acceptors (Lipinski definition) is 4. The van der Waals surface area contributed by atoms with E-state index in [1.165, 1.54) is 0 Å². The van der Waals surface area contributed by atoms with E-state index in [2.05, 4.69) is 27.9 Å². The molecule has 6 heteroatoms. The molecule has 1 amide bonds. The van der Waals surface area contributed by atoms with Gasteiger partial charge in [0.2, 0.25) is 5.91 Å². The summed E-state index contributed by atoms with van der Waals surface area (Å²) in [6.45, 7) is 8.06. The topological polar surface area (TPSA) is 64.6 Å². The Hall–Kier alpha value is -1.31. The van der Waals surface area contributed by atoms with Gasteiger partial charge in [-0.25, -0.2) is 4.79 Å². The second-order valence-corrected chi connectivity index (χ2v) is 7.69. The van der Waals surface area contributed by atoms with Crippen molar-refractivity contribution in [3.05, 3.63) is 27.3 Å². The van der Waals surface area contributed by atoms with Gasteiger partial charge >= 0.3 is 5.97 Å². The number of carbonyl (C=O) groups is 2. The van der Waals surface area contributed by atoms with Gasteiger partial charge in [-0.3, -0.25) is 4.79 Å². The average molecular weight is 447 g/mol. The summed E-state index contributed by atoms with van der Waals surface area (Å²) in [4.78, 5) is 24.6. The molecule has 0 saturated carbocycles. The van der Waals surface area contributed by atoms with Crippen LogP contribution in [-0.2, 0) is 20.7 Å². The smallest absolute Gasteiger partial charge is 0.328 e. The fourth-order valence-electron chi connectivity index (χ4n) is 2.12. The first-order valence-electron chi connectivity index (χ1n) is 8.03. The summed E-state index contributed by atoms with van der Waals surface area (Å²) in [5.74, 6) is 0.255. The second kappa shape index (κ2) is 9.86. The van der Waals surface area contributed by atoms with E-state index >= 15 is 0 Å². The first-order valence-corrected chi connectivity index (χ1v) is 9.10. The minimum atomic E-state index is -0.648. The van der Waals surface area contributed by atoms with Gasteiger partial charge in [0.15, 0.2) is 0 Å². The molecule has 24 heavy (non-hydrogen) atoms. The van der Waals surface area contributed by atoms with Crippen LogP contribution in [0.1, 0.15) is 33.3 Å². The molecule has 1 rings (SSSR count). The molecule has 134 valence electrons. The van der Waals surface area contributed by atoms with Crippen molar-refractivity contribution in [2.75, 3.05) is 13.7 Å². The SMILES string of the molecule is COc1ccc(I)cc1CC(=O)N[C@H](C(=O)OCC(C)C)C(C)C. The Balaban J connectivity index is 2.76. The zero-order valence-electron chi connectivity index (χ0n) is 14.9. The van der Waals surface area contributed by atoms with Crippen LogP contribution in [0.15, 0.2) is 18.2 Å². The summed E-state index contributed by atoms with van der Waals surface area (Å²) >= 11 is 2.19. The third kappa shape index (κ3) is 6.67. The van der Waals surface area contributed by atoms with Crippen LogP contribution >= 0.6 is 22.6 Å². The Morgan fingerprint density at radius 3 is 2.42 bits per heavy atom. The first-order chi connectivity index (χ1) is 11.2. The van der Waals surface area contributed by atoms with Crippen LogP contribution < -0.4 is 10.1 Å². The second-order valence-electron chi connectivity index (χ2n) is 6.45. The highest BCUT2D eigenvalue weighted by Gasteiger charge is 2.26. The lowest BCUT2D eigenvalue weighted by atomic mass is 10.0. The minimum Gasteiger partial charge on any atom is -0.496 e. The number of benzene rings is 1. The molecule has 0 heterocycles. The lowest BCUT2D eigenvalue weighted by Crippen LogP contribution is -2.46. The first kappa shape index (κ1) is 20.7. The van der Waals surface area contributed by atoms with Crippen LogP contribution in [0.4, 0.5) is 0 Å². The zero-order valence-corrected chi connectivity index (χ0v) is 17.0. The van der Waals surface area contributed by atoms with Gasteiger partial charge in [0, 0.05) is 9.13 Å². The van der Waals surface area contributed by atoms with Crippen molar-refractivity contribution >= 4 is 34.5 Å².